The maximum atomic E-state index is 12.0. The van der Waals surface area contributed by atoms with Gasteiger partial charge in [0.1, 0.15) is 5.75 Å². The van der Waals surface area contributed by atoms with Crippen molar-refractivity contribution in [2.24, 2.45) is 0 Å². The summed E-state index contributed by atoms with van der Waals surface area (Å²) in [5.41, 5.74) is 7.57. The maximum Gasteiger partial charge on any atom is 0.257 e. The van der Waals surface area contributed by atoms with Gasteiger partial charge in [0.15, 0.2) is 0 Å². The lowest BCUT2D eigenvalue weighted by molar-refractivity contribution is 0.0825. The molecule has 0 atom stereocenters. The van der Waals surface area contributed by atoms with Crippen LogP contribution in [0.3, 0.4) is 0 Å². The first-order chi connectivity index (χ1) is 8.97. The average molecular weight is 260 g/mol. The van der Waals surface area contributed by atoms with Crippen LogP contribution < -0.4 is 10.5 Å². The van der Waals surface area contributed by atoms with Crippen molar-refractivity contribution in [2.75, 3.05) is 19.8 Å². The molecule has 3 N–H and O–H groups in total. The van der Waals surface area contributed by atoms with Crippen molar-refractivity contribution < 1.29 is 9.53 Å². The Morgan fingerprint density at radius 2 is 2.11 bits per heavy atom. The van der Waals surface area contributed by atoms with E-state index in [1.165, 1.54) is 4.90 Å². The van der Waals surface area contributed by atoms with E-state index < -0.39 is 0 Å². The fraction of sp³-hybridized carbons (Fsp3) is 0.231. The van der Waals surface area contributed by atoms with Gasteiger partial charge in [0.2, 0.25) is 5.88 Å². The summed E-state index contributed by atoms with van der Waals surface area (Å²) >= 11 is 0. The van der Waals surface area contributed by atoms with Gasteiger partial charge in [-0.2, -0.15) is 0 Å². The van der Waals surface area contributed by atoms with Crippen LogP contribution in [0.4, 0.5) is 5.69 Å². The van der Waals surface area contributed by atoms with Crippen molar-refractivity contribution in [3.05, 3.63) is 35.5 Å². The Morgan fingerprint density at radius 3 is 2.68 bits per heavy atom. The summed E-state index contributed by atoms with van der Waals surface area (Å²) in [7, 11) is 3.36. The third-order valence-electron chi connectivity index (χ3n) is 2.54. The second kappa shape index (κ2) is 5.01. The first kappa shape index (κ1) is 12.9. The van der Waals surface area contributed by atoms with Gasteiger partial charge in [-0.3, -0.25) is 9.89 Å². The number of amides is 1. The number of benzene rings is 1. The molecule has 100 valence electrons. The van der Waals surface area contributed by atoms with Gasteiger partial charge in [0.25, 0.3) is 5.91 Å². The Bertz CT molecular complexity index is 604. The zero-order valence-electron chi connectivity index (χ0n) is 11.1. The molecule has 0 spiro atoms. The lowest BCUT2D eigenvalue weighted by atomic mass is 10.1. The summed E-state index contributed by atoms with van der Waals surface area (Å²) in [5, 5.41) is 6.75. The molecule has 0 saturated heterocycles. The smallest absolute Gasteiger partial charge is 0.257 e. The molecule has 2 rings (SSSR count). The zero-order valence-corrected chi connectivity index (χ0v) is 11.1. The molecule has 0 aliphatic heterocycles. The molecule has 0 aliphatic carbocycles. The maximum absolute atomic E-state index is 12.0. The molecule has 6 heteroatoms. The molecule has 0 fully saturated rings. The van der Waals surface area contributed by atoms with Crippen LogP contribution in [0.25, 0.3) is 0 Å². The molecule has 19 heavy (non-hydrogen) atoms. The number of ether oxygens (including phenoxy) is 1. The van der Waals surface area contributed by atoms with Crippen LogP contribution in [0.2, 0.25) is 0 Å². The van der Waals surface area contributed by atoms with E-state index in [0.717, 1.165) is 5.69 Å². The largest absolute Gasteiger partial charge is 0.437 e. The number of carbonyl (C=O) groups excluding carboxylic acids is 1. The number of hydrogen-bond acceptors (Lipinski definition) is 4. The lowest BCUT2D eigenvalue weighted by Gasteiger charge is -2.14. The summed E-state index contributed by atoms with van der Waals surface area (Å²) in [6.45, 7) is 1.87. The summed E-state index contributed by atoms with van der Waals surface area (Å²) in [6.07, 6.45) is 0. The Kier molecular flexibility index (Phi) is 3.41. The van der Waals surface area contributed by atoms with E-state index in [1.807, 2.05) is 6.92 Å². The van der Waals surface area contributed by atoms with Crippen LogP contribution in [0.1, 0.15) is 16.1 Å². The molecule has 1 amide bonds. The Morgan fingerprint density at radius 1 is 1.37 bits per heavy atom. The number of nitrogens with one attached hydrogen (secondary N) is 1. The van der Waals surface area contributed by atoms with E-state index in [9.17, 15) is 4.79 Å². The summed E-state index contributed by atoms with van der Waals surface area (Å²) in [4.78, 5) is 13.5. The second-order valence-electron chi connectivity index (χ2n) is 4.45. The topological polar surface area (TPSA) is 84.2 Å². The predicted octanol–water partition coefficient (Wildman–Crippen LogP) is 1.79. The van der Waals surface area contributed by atoms with E-state index in [2.05, 4.69) is 10.2 Å². The number of nitrogen functional groups attached to an aromatic ring is 1. The first-order valence-electron chi connectivity index (χ1n) is 5.78. The Hall–Kier alpha value is -2.50. The number of aromatic nitrogens is 2. The highest BCUT2D eigenvalue weighted by atomic mass is 16.5. The third kappa shape index (κ3) is 2.85. The molecule has 1 aromatic carbocycles. The van der Waals surface area contributed by atoms with Crippen molar-refractivity contribution in [1.29, 1.82) is 0 Å². The van der Waals surface area contributed by atoms with Crippen molar-refractivity contribution in [3.8, 4) is 11.6 Å². The van der Waals surface area contributed by atoms with Crippen LogP contribution >= 0.6 is 0 Å². The average Bonchev–Trinajstić information content (AvgIpc) is 2.74. The van der Waals surface area contributed by atoms with E-state index >= 15 is 0 Å². The standard InChI is InChI=1S/C13H16N4O2/c1-8-6-12(16-15-8)19-11-7-9(14)4-5-10(11)13(18)17(2)3/h4-7H,14H2,1-3H3,(H,15,16). The first-order valence-corrected chi connectivity index (χ1v) is 5.78. The van der Waals surface area contributed by atoms with Crippen LogP contribution in [-0.4, -0.2) is 35.1 Å². The third-order valence-corrected chi connectivity index (χ3v) is 2.54. The normalized spacial score (nSPS) is 10.3. The molecule has 0 bridgehead atoms. The molecule has 1 heterocycles. The van der Waals surface area contributed by atoms with E-state index in [4.69, 9.17) is 10.5 Å². The minimum atomic E-state index is -0.151. The van der Waals surface area contributed by atoms with Gasteiger partial charge in [-0.15, -0.1) is 5.10 Å². The number of H-pyrrole nitrogens is 1. The monoisotopic (exact) mass is 260 g/mol. The Labute approximate surface area is 111 Å². The highest BCUT2D eigenvalue weighted by Gasteiger charge is 2.16. The number of rotatable bonds is 3. The number of hydrogen-bond donors (Lipinski definition) is 2. The van der Waals surface area contributed by atoms with Gasteiger partial charge >= 0.3 is 0 Å². The molecular weight excluding hydrogens is 244 g/mol. The molecule has 0 saturated carbocycles. The van der Waals surface area contributed by atoms with Crippen LogP contribution in [-0.2, 0) is 0 Å². The molecule has 0 aliphatic rings. The number of nitrogens with zero attached hydrogens (tertiary/aromatic N) is 2. The number of anilines is 1. The van der Waals surface area contributed by atoms with Gasteiger partial charge < -0.3 is 15.4 Å². The number of aromatic amines is 1. The molecule has 1 aromatic heterocycles. The molecule has 0 unspecified atom stereocenters. The zero-order chi connectivity index (χ0) is 14.0. The van der Waals surface area contributed by atoms with Gasteiger partial charge in [0, 0.05) is 37.6 Å². The minimum Gasteiger partial charge on any atom is -0.437 e. The molecule has 0 radical (unpaired) electrons. The van der Waals surface area contributed by atoms with Crippen LogP contribution in [0.15, 0.2) is 24.3 Å². The van der Waals surface area contributed by atoms with Gasteiger partial charge in [-0.1, -0.05) is 0 Å². The number of carbonyl (C=O) groups is 1. The predicted molar refractivity (Wildman–Crippen MR) is 72.3 cm³/mol. The quantitative estimate of drug-likeness (QED) is 0.824. The molecule has 2 aromatic rings. The van der Waals surface area contributed by atoms with Crippen molar-refractivity contribution >= 4 is 11.6 Å². The summed E-state index contributed by atoms with van der Waals surface area (Å²) in [5.74, 6) is 0.642. The van der Waals surface area contributed by atoms with Gasteiger partial charge in [-0.05, 0) is 19.1 Å². The fourth-order valence-corrected chi connectivity index (χ4v) is 1.60. The van der Waals surface area contributed by atoms with Crippen molar-refractivity contribution in [3.63, 3.8) is 0 Å². The van der Waals surface area contributed by atoms with E-state index in [-0.39, 0.29) is 5.91 Å². The number of aryl methyl sites for hydroxylation is 1. The SMILES string of the molecule is Cc1cc(Oc2cc(N)ccc2C(=O)N(C)C)n[nH]1. The highest BCUT2D eigenvalue weighted by molar-refractivity contribution is 5.97. The van der Waals surface area contributed by atoms with Crippen molar-refractivity contribution in [2.45, 2.75) is 6.92 Å². The van der Waals surface area contributed by atoms with Crippen molar-refractivity contribution in [1.82, 2.24) is 15.1 Å². The van der Waals surface area contributed by atoms with E-state index in [1.54, 1.807) is 38.4 Å². The Balaban J connectivity index is 2.37. The van der Waals surface area contributed by atoms with Crippen LogP contribution in [0, 0.1) is 6.92 Å². The second-order valence-corrected chi connectivity index (χ2v) is 4.45. The lowest BCUT2D eigenvalue weighted by Crippen LogP contribution is -2.22. The minimum absolute atomic E-state index is 0.151. The summed E-state index contributed by atoms with van der Waals surface area (Å²) in [6, 6.07) is 6.67. The summed E-state index contributed by atoms with van der Waals surface area (Å²) < 4.78 is 5.61. The van der Waals surface area contributed by atoms with E-state index in [0.29, 0.717) is 22.9 Å². The molecular formula is C13H16N4O2. The van der Waals surface area contributed by atoms with Crippen LogP contribution in [0.5, 0.6) is 11.6 Å². The van der Waals surface area contributed by atoms with Gasteiger partial charge in [-0.25, -0.2) is 0 Å². The molecule has 6 nitrogen and oxygen atoms in total. The van der Waals surface area contributed by atoms with Gasteiger partial charge in [0.05, 0.1) is 5.56 Å². The number of nitrogens with two attached hydrogens (primary N) is 1. The highest BCUT2D eigenvalue weighted by Crippen LogP contribution is 2.27. The fourth-order valence-electron chi connectivity index (χ4n) is 1.60.